The van der Waals surface area contributed by atoms with Gasteiger partial charge < -0.3 is 9.47 Å². The Bertz CT molecular complexity index is 404. The van der Waals surface area contributed by atoms with Gasteiger partial charge in [0.25, 0.3) is 0 Å². The minimum absolute atomic E-state index is 0.0482. The molecule has 1 heterocycles. The minimum Gasteiger partial charge on any atom is -0.371 e. The van der Waals surface area contributed by atoms with Crippen LogP contribution in [0.1, 0.15) is 31.2 Å². The Labute approximate surface area is 109 Å². The smallest absolute Gasteiger partial charge is 0.0865 e. The van der Waals surface area contributed by atoms with Crippen molar-refractivity contribution in [3.05, 3.63) is 48.0 Å². The number of hydrogen-bond acceptors (Lipinski definition) is 2. The van der Waals surface area contributed by atoms with Crippen LogP contribution in [0.3, 0.4) is 0 Å². The fourth-order valence-corrected chi connectivity index (χ4v) is 2.81. The second-order valence-electron chi connectivity index (χ2n) is 5.25. The Morgan fingerprint density at radius 2 is 2.11 bits per heavy atom. The van der Waals surface area contributed by atoms with E-state index in [1.54, 1.807) is 0 Å². The third-order valence-electron chi connectivity index (χ3n) is 3.91. The summed E-state index contributed by atoms with van der Waals surface area (Å²) in [7, 11) is 0. The Morgan fingerprint density at radius 1 is 1.22 bits per heavy atom. The highest BCUT2D eigenvalue weighted by Gasteiger charge is 2.35. The van der Waals surface area contributed by atoms with Gasteiger partial charge in [0.2, 0.25) is 0 Å². The normalized spacial score (nSPS) is 31.0. The molecule has 2 nitrogen and oxygen atoms in total. The first-order chi connectivity index (χ1) is 8.86. The molecule has 0 bridgehead atoms. The van der Waals surface area contributed by atoms with Crippen LogP contribution >= 0.6 is 0 Å². The Balaban J connectivity index is 1.53. The molecule has 1 aliphatic heterocycles. The molecular formula is C16H20O2. The lowest BCUT2D eigenvalue weighted by atomic mass is 9.87. The monoisotopic (exact) mass is 244 g/mol. The fraction of sp³-hybridized carbons (Fsp3) is 0.500. The van der Waals surface area contributed by atoms with Gasteiger partial charge in [-0.1, -0.05) is 42.5 Å². The van der Waals surface area contributed by atoms with Crippen LogP contribution in [0.2, 0.25) is 0 Å². The predicted octanol–water partition coefficient (Wildman–Crippen LogP) is 3.47. The molecule has 1 fully saturated rings. The van der Waals surface area contributed by atoms with Gasteiger partial charge in [0.1, 0.15) is 0 Å². The van der Waals surface area contributed by atoms with Gasteiger partial charge in [0, 0.05) is 6.61 Å². The molecule has 96 valence electrons. The summed E-state index contributed by atoms with van der Waals surface area (Å²) < 4.78 is 11.8. The SMILES string of the molecule is C1=C[C@]2(CCCO2)CC[C@@H]1OCc1ccccc1. The second-order valence-corrected chi connectivity index (χ2v) is 5.25. The van der Waals surface area contributed by atoms with Crippen LogP contribution < -0.4 is 0 Å². The summed E-state index contributed by atoms with van der Waals surface area (Å²) in [5.41, 5.74) is 1.29. The van der Waals surface area contributed by atoms with Gasteiger partial charge in [-0.2, -0.15) is 0 Å². The first-order valence-electron chi connectivity index (χ1n) is 6.85. The summed E-state index contributed by atoms with van der Waals surface area (Å²) in [6.07, 6.45) is 9.22. The van der Waals surface area contributed by atoms with Gasteiger partial charge in [-0.25, -0.2) is 0 Å². The lowest BCUT2D eigenvalue weighted by Crippen LogP contribution is -2.31. The van der Waals surface area contributed by atoms with Crippen LogP contribution in [0.5, 0.6) is 0 Å². The van der Waals surface area contributed by atoms with Crippen molar-refractivity contribution < 1.29 is 9.47 Å². The first kappa shape index (κ1) is 11.9. The number of ether oxygens (including phenoxy) is 2. The summed E-state index contributed by atoms with van der Waals surface area (Å²) in [5.74, 6) is 0. The largest absolute Gasteiger partial charge is 0.371 e. The van der Waals surface area contributed by atoms with Crippen LogP contribution in [0.25, 0.3) is 0 Å². The maximum Gasteiger partial charge on any atom is 0.0865 e. The first-order valence-corrected chi connectivity index (χ1v) is 6.85. The van der Waals surface area contributed by atoms with Gasteiger partial charge in [-0.3, -0.25) is 0 Å². The Morgan fingerprint density at radius 3 is 2.78 bits per heavy atom. The van der Waals surface area contributed by atoms with Crippen molar-refractivity contribution in [2.45, 2.75) is 44.0 Å². The van der Waals surface area contributed by atoms with E-state index in [4.69, 9.17) is 9.47 Å². The van der Waals surface area contributed by atoms with Crippen LogP contribution in [-0.2, 0) is 16.1 Å². The fourth-order valence-electron chi connectivity index (χ4n) is 2.81. The summed E-state index contributed by atoms with van der Waals surface area (Å²) >= 11 is 0. The lowest BCUT2D eigenvalue weighted by Gasteiger charge is -2.31. The van der Waals surface area contributed by atoms with E-state index < -0.39 is 0 Å². The average molecular weight is 244 g/mol. The molecule has 1 aromatic carbocycles. The van der Waals surface area contributed by atoms with Crippen molar-refractivity contribution >= 4 is 0 Å². The van der Waals surface area contributed by atoms with Gasteiger partial charge in [-0.15, -0.1) is 0 Å². The zero-order chi connectivity index (χ0) is 12.3. The zero-order valence-corrected chi connectivity index (χ0v) is 10.7. The van der Waals surface area contributed by atoms with Crippen LogP contribution in [0.4, 0.5) is 0 Å². The standard InChI is InChI=1S/C16H20O2/c1-2-5-14(6-3-1)13-17-15-7-10-16(11-8-15)9-4-12-18-16/h1-3,5-7,10,15H,4,8-9,11-13H2/t15-,16-/m1/s1. The topological polar surface area (TPSA) is 18.5 Å². The third-order valence-corrected chi connectivity index (χ3v) is 3.91. The molecule has 1 aliphatic carbocycles. The minimum atomic E-state index is 0.0482. The van der Waals surface area contributed by atoms with E-state index >= 15 is 0 Å². The highest BCUT2D eigenvalue weighted by atomic mass is 16.5. The van der Waals surface area contributed by atoms with Crippen LogP contribution in [0.15, 0.2) is 42.5 Å². The highest BCUT2D eigenvalue weighted by Crippen LogP contribution is 2.35. The van der Waals surface area contributed by atoms with Crippen LogP contribution in [0, 0.1) is 0 Å². The average Bonchev–Trinajstić information content (AvgIpc) is 2.88. The Hall–Kier alpha value is -1.12. The predicted molar refractivity (Wildman–Crippen MR) is 71.3 cm³/mol. The molecule has 2 heteroatoms. The summed E-state index contributed by atoms with van der Waals surface area (Å²) in [5, 5.41) is 0. The number of hydrogen-bond donors (Lipinski definition) is 0. The van der Waals surface area contributed by atoms with E-state index in [2.05, 4.69) is 36.4 Å². The van der Waals surface area contributed by atoms with Crippen molar-refractivity contribution in [2.75, 3.05) is 6.61 Å². The molecule has 18 heavy (non-hydrogen) atoms. The summed E-state index contributed by atoms with van der Waals surface area (Å²) in [6.45, 7) is 1.61. The molecule has 0 N–H and O–H groups in total. The van der Waals surface area contributed by atoms with E-state index in [0.29, 0.717) is 6.61 Å². The van der Waals surface area contributed by atoms with Gasteiger partial charge in [0.05, 0.1) is 18.3 Å². The van der Waals surface area contributed by atoms with Crippen molar-refractivity contribution in [1.29, 1.82) is 0 Å². The molecule has 2 atom stereocenters. The zero-order valence-electron chi connectivity index (χ0n) is 10.7. The Kier molecular flexibility index (Phi) is 3.48. The summed E-state index contributed by atoms with van der Waals surface area (Å²) in [4.78, 5) is 0. The van der Waals surface area contributed by atoms with Crippen molar-refractivity contribution in [2.24, 2.45) is 0 Å². The van der Waals surface area contributed by atoms with Crippen LogP contribution in [-0.4, -0.2) is 18.3 Å². The van der Waals surface area contributed by atoms with Gasteiger partial charge in [0.15, 0.2) is 0 Å². The molecule has 0 radical (unpaired) electrons. The molecule has 1 aromatic rings. The van der Waals surface area contributed by atoms with E-state index in [0.717, 1.165) is 19.4 Å². The molecule has 0 unspecified atom stereocenters. The molecule has 0 aromatic heterocycles. The number of benzene rings is 1. The quantitative estimate of drug-likeness (QED) is 0.758. The molecule has 0 saturated carbocycles. The molecule has 2 aliphatic rings. The van der Waals surface area contributed by atoms with E-state index in [9.17, 15) is 0 Å². The molecule has 3 rings (SSSR count). The van der Waals surface area contributed by atoms with E-state index in [1.807, 2.05) is 6.07 Å². The highest BCUT2D eigenvalue weighted by molar-refractivity contribution is 5.14. The van der Waals surface area contributed by atoms with Gasteiger partial charge in [-0.05, 0) is 31.2 Å². The second kappa shape index (κ2) is 5.25. The molecule has 1 spiro atoms. The van der Waals surface area contributed by atoms with Gasteiger partial charge >= 0.3 is 0 Å². The molecule has 1 saturated heterocycles. The number of rotatable bonds is 3. The molecular weight excluding hydrogens is 224 g/mol. The van der Waals surface area contributed by atoms with E-state index in [1.165, 1.54) is 18.4 Å². The van der Waals surface area contributed by atoms with Crippen molar-refractivity contribution in [1.82, 2.24) is 0 Å². The maximum atomic E-state index is 5.93. The molecule has 0 amide bonds. The van der Waals surface area contributed by atoms with Crippen molar-refractivity contribution in [3.63, 3.8) is 0 Å². The lowest BCUT2D eigenvalue weighted by molar-refractivity contribution is -0.000577. The third kappa shape index (κ3) is 2.65. The van der Waals surface area contributed by atoms with E-state index in [-0.39, 0.29) is 11.7 Å². The van der Waals surface area contributed by atoms with Crippen molar-refractivity contribution in [3.8, 4) is 0 Å². The summed E-state index contributed by atoms with van der Waals surface area (Å²) in [6, 6.07) is 10.3. The maximum absolute atomic E-state index is 5.93.